The van der Waals surface area contributed by atoms with Crippen molar-refractivity contribution in [2.75, 3.05) is 13.2 Å². The van der Waals surface area contributed by atoms with E-state index in [0.717, 1.165) is 12.8 Å². The number of carbonyl (C=O) groups is 2. The van der Waals surface area contributed by atoms with E-state index in [1.54, 1.807) is 24.3 Å². The van der Waals surface area contributed by atoms with E-state index in [1.807, 2.05) is 6.08 Å². The van der Waals surface area contributed by atoms with Gasteiger partial charge >= 0.3 is 11.9 Å². The first kappa shape index (κ1) is 19.9. The summed E-state index contributed by atoms with van der Waals surface area (Å²) in [7, 11) is 0. The molecule has 0 saturated heterocycles. The van der Waals surface area contributed by atoms with Crippen molar-refractivity contribution in [1.29, 1.82) is 0 Å². The molecule has 4 nitrogen and oxygen atoms in total. The Morgan fingerprint density at radius 1 is 1.04 bits per heavy atom. The van der Waals surface area contributed by atoms with Gasteiger partial charge in [-0.2, -0.15) is 0 Å². The first-order valence-corrected chi connectivity index (χ1v) is 9.65. The van der Waals surface area contributed by atoms with Crippen LogP contribution in [0.25, 0.3) is 0 Å². The Kier molecular flexibility index (Phi) is 6.64. The fourth-order valence-corrected chi connectivity index (χ4v) is 4.22. The number of esters is 2. The number of rotatable bonds is 8. The van der Waals surface area contributed by atoms with E-state index in [0.29, 0.717) is 23.7 Å². The summed E-state index contributed by atoms with van der Waals surface area (Å²) in [6, 6.07) is 6.49. The first-order chi connectivity index (χ1) is 13.7. The topological polar surface area (TPSA) is 52.6 Å². The van der Waals surface area contributed by atoms with Gasteiger partial charge in [0.2, 0.25) is 0 Å². The van der Waals surface area contributed by atoms with Crippen molar-refractivity contribution in [2.45, 2.75) is 12.8 Å². The van der Waals surface area contributed by atoms with Crippen molar-refractivity contribution in [1.82, 2.24) is 0 Å². The molecule has 0 bridgehead atoms. The summed E-state index contributed by atoms with van der Waals surface area (Å²) in [6.07, 6.45) is 14.4. The van der Waals surface area contributed by atoms with Gasteiger partial charge in [0.25, 0.3) is 0 Å². The Morgan fingerprint density at radius 3 is 2.36 bits per heavy atom. The van der Waals surface area contributed by atoms with Crippen molar-refractivity contribution in [3.05, 3.63) is 85.0 Å². The number of ether oxygens (including phenoxy) is 2. The van der Waals surface area contributed by atoms with Gasteiger partial charge in [-0.25, -0.2) is 9.59 Å². The van der Waals surface area contributed by atoms with E-state index in [9.17, 15) is 9.59 Å². The highest BCUT2D eigenvalue weighted by Crippen LogP contribution is 2.48. The van der Waals surface area contributed by atoms with Gasteiger partial charge in [0.05, 0.1) is 11.1 Å². The van der Waals surface area contributed by atoms with Crippen LogP contribution in [0.1, 0.15) is 33.6 Å². The zero-order valence-electron chi connectivity index (χ0n) is 16.0. The maximum atomic E-state index is 12.4. The van der Waals surface area contributed by atoms with E-state index >= 15 is 0 Å². The van der Waals surface area contributed by atoms with Crippen LogP contribution in [-0.4, -0.2) is 25.2 Å². The zero-order chi connectivity index (χ0) is 19.9. The first-order valence-electron chi connectivity index (χ1n) is 9.65. The van der Waals surface area contributed by atoms with Crippen molar-refractivity contribution < 1.29 is 19.1 Å². The third-order valence-corrected chi connectivity index (χ3v) is 5.55. The molecule has 2 aliphatic rings. The van der Waals surface area contributed by atoms with Crippen LogP contribution in [0.4, 0.5) is 0 Å². The van der Waals surface area contributed by atoms with Gasteiger partial charge in [0.1, 0.15) is 13.2 Å². The molecule has 1 saturated carbocycles. The molecular formula is C24H26O4. The van der Waals surface area contributed by atoms with E-state index in [1.165, 1.54) is 6.08 Å². The van der Waals surface area contributed by atoms with Crippen LogP contribution in [0.15, 0.2) is 73.9 Å². The van der Waals surface area contributed by atoms with Gasteiger partial charge in [-0.3, -0.25) is 0 Å². The van der Waals surface area contributed by atoms with Crippen molar-refractivity contribution in [3.63, 3.8) is 0 Å². The lowest BCUT2D eigenvalue weighted by atomic mass is 9.90. The average molecular weight is 378 g/mol. The summed E-state index contributed by atoms with van der Waals surface area (Å²) in [6.45, 7) is 7.74. The van der Waals surface area contributed by atoms with Gasteiger partial charge < -0.3 is 9.47 Å². The molecule has 0 amide bonds. The van der Waals surface area contributed by atoms with Gasteiger partial charge in [0, 0.05) is 0 Å². The number of carbonyl (C=O) groups excluding carboxylic acids is 2. The number of fused-ring (bicyclic) bond motifs is 1. The van der Waals surface area contributed by atoms with Crippen LogP contribution in [0, 0.1) is 23.7 Å². The van der Waals surface area contributed by atoms with E-state index < -0.39 is 11.9 Å². The average Bonchev–Trinajstić information content (AvgIpc) is 3.32. The summed E-state index contributed by atoms with van der Waals surface area (Å²) in [5, 5.41) is 0. The molecule has 0 aliphatic heterocycles. The molecule has 1 aromatic carbocycles. The second-order valence-corrected chi connectivity index (χ2v) is 7.16. The Labute approximate surface area is 166 Å². The normalized spacial score (nSPS) is 25.4. The van der Waals surface area contributed by atoms with Crippen LogP contribution in [0.5, 0.6) is 0 Å². The highest BCUT2D eigenvalue weighted by molar-refractivity contribution is 6.03. The molecule has 4 heteroatoms. The fourth-order valence-electron chi connectivity index (χ4n) is 4.22. The molecule has 0 aromatic heterocycles. The Hall–Kier alpha value is -2.88. The molecule has 0 heterocycles. The minimum absolute atomic E-state index is 0.0919. The lowest BCUT2D eigenvalue weighted by Crippen LogP contribution is -2.14. The quantitative estimate of drug-likeness (QED) is 0.484. The molecule has 0 spiro atoms. The molecule has 0 radical (unpaired) electrons. The van der Waals surface area contributed by atoms with E-state index in [2.05, 4.69) is 37.5 Å². The molecular weight excluding hydrogens is 352 g/mol. The summed E-state index contributed by atoms with van der Waals surface area (Å²) in [5.41, 5.74) is 0.401. The fraction of sp³-hybridized carbons (Fsp3) is 0.333. The van der Waals surface area contributed by atoms with Gasteiger partial charge in [-0.05, 0) is 48.6 Å². The minimum atomic E-state index is -0.566. The summed E-state index contributed by atoms with van der Waals surface area (Å²) < 4.78 is 10.4. The predicted molar refractivity (Wildman–Crippen MR) is 109 cm³/mol. The van der Waals surface area contributed by atoms with E-state index in [4.69, 9.17) is 9.47 Å². The van der Waals surface area contributed by atoms with E-state index in [-0.39, 0.29) is 24.3 Å². The third kappa shape index (κ3) is 4.33. The van der Waals surface area contributed by atoms with Crippen LogP contribution < -0.4 is 0 Å². The molecule has 1 fully saturated rings. The zero-order valence-corrected chi connectivity index (χ0v) is 16.0. The number of allylic oxidation sites excluding steroid dienone is 4. The summed E-state index contributed by atoms with van der Waals surface area (Å²) >= 11 is 0. The third-order valence-electron chi connectivity index (χ3n) is 5.55. The summed E-state index contributed by atoms with van der Waals surface area (Å²) in [4.78, 5) is 24.5. The second-order valence-electron chi connectivity index (χ2n) is 7.16. The molecule has 1 aromatic rings. The molecule has 3 rings (SSSR count). The molecule has 146 valence electrons. The maximum absolute atomic E-state index is 12.4. The molecule has 4 atom stereocenters. The Morgan fingerprint density at radius 2 is 1.71 bits per heavy atom. The lowest BCUT2D eigenvalue weighted by molar-refractivity contribution is 0.0502. The van der Waals surface area contributed by atoms with Crippen LogP contribution in [0.2, 0.25) is 0 Å². The SMILES string of the molecule is C=CCOC(=O)c1ccccc1C(=O)OC/C=C/C1CC(C=C)C2CC=CC12. The lowest BCUT2D eigenvalue weighted by Gasteiger charge is -2.15. The van der Waals surface area contributed by atoms with Crippen molar-refractivity contribution in [2.24, 2.45) is 23.7 Å². The summed E-state index contributed by atoms with van der Waals surface area (Å²) in [5.74, 6) is 1.10. The standard InChI is InChI=1S/C24H26O4/c1-3-14-27-23(25)21-10-5-6-11-22(21)24(26)28-15-8-9-18-16-17(4-2)19-12-7-13-20(18)19/h3-11,13,17-20H,1-2,12,14-16H2/b9-8+. The molecule has 0 N–H and O–H groups in total. The highest BCUT2D eigenvalue weighted by Gasteiger charge is 2.40. The molecule has 28 heavy (non-hydrogen) atoms. The number of hydrogen-bond acceptors (Lipinski definition) is 4. The second kappa shape index (κ2) is 9.36. The van der Waals surface area contributed by atoms with Crippen LogP contribution >= 0.6 is 0 Å². The van der Waals surface area contributed by atoms with Gasteiger partial charge in [-0.15, -0.1) is 6.58 Å². The smallest absolute Gasteiger partial charge is 0.339 e. The number of benzene rings is 1. The van der Waals surface area contributed by atoms with Crippen LogP contribution in [-0.2, 0) is 9.47 Å². The van der Waals surface area contributed by atoms with Gasteiger partial charge in [-0.1, -0.05) is 55.2 Å². The minimum Gasteiger partial charge on any atom is -0.458 e. The van der Waals surface area contributed by atoms with Crippen molar-refractivity contribution in [3.8, 4) is 0 Å². The largest absolute Gasteiger partial charge is 0.458 e. The van der Waals surface area contributed by atoms with Gasteiger partial charge in [0.15, 0.2) is 0 Å². The molecule has 4 unspecified atom stereocenters. The maximum Gasteiger partial charge on any atom is 0.339 e. The Bertz CT molecular complexity index is 805. The Balaban J connectivity index is 1.57. The van der Waals surface area contributed by atoms with Crippen LogP contribution in [0.3, 0.4) is 0 Å². The predicted octanol–water partition coefficient (Wildman–Crippen LogP) is 4.76. The number of hydrogen-bond donors (Lipinski definition) is 0. The van der Waals surface area contributed by atoms with Crippen molar-refractivity contribution >= 4 is 11.9 Å². The molecule has 2 aliphatic carbocycles. The highest BCUT2D eigenvalue weighted by atomic mass is 16.5. The monoisotopic (exact) mass is 378 g/mol.